The smallest absolute Gasteiger partial charge is 0.0941 e. The molecule has 0 aliphatic carbocycles. The fourth-order valence-electron chi connectivity index (χ4n) is 1.77. The van der Waals surface area contributed by atoms with Gasteiger partial charge in [-0.2, -0.15) is 0 Å². The van der Waals surface area contributed by atoms with Gasteiger partial charge in [0.05, 0.1) is 6.67 Å². The molecular weight excluding hydrogens is 347 g/mol. The Morgan fingerprint density at radius 3 is 2.53 bits per heavy atom. The van der Waals surface area contributed by atoms with Gasteiger partial charge in [0.25, 0.3) is 0 Å². The first-order chi connectivity index (χ1) is 7.79. The van der Waals surface area contributed by atoms with Crippen molar-refractivity contribution < 1.29 is 0 Å². The van der Waals surface area contributed by atoms with Crippen LogP contribution in [0.5, 0.6) is 0 Å². The minimum atomic E-state index is 0. The molecule has 0 radical (unpaired) electrons. The normalized spacial score (nSPS) is 14.0. The quantitative estimate of drug-likeness (QED) is 0.735. The Morgan fingerprint density at radius 2 is 1.88 bits per heavy atom. The zero-order chi connectivity index (χ0) is 11.4. The maximum Gasteiger partial charge on any atom is 0.0941 e. The standard InChI is InChI=1S/C13H17ClN2.HI/c1-2-3-8-15-9-10-16(11-15)13-6-4-12(14)5-7-13;/h4-7,9-10H,2-3,8,11H2,1H3;1H. The summed E-state index contributed by atoms with van der Waals surface area (Å²) in [4.78, 5) is 4.56. The van der Waals surface area contributed by atoms with Crippen LogP contribution in [-0.2, 0) is 0 Å². The molecule has 0 bridgehead atoms. The van der Waals surface area contributed by atoms with Gasteiger partial charge in [0.15, 0.2) is 0 Å². The lowest BCUT2D eigenvalue weighted by Gasteiger charge is -2.21. The Balaban J connectivity index is 0.00000144. The van der Waals surface area contributed by atoms with Gasteiger partial charge in [0, 0.05) is 29.7 Å². The summed E-state index contributed by atoms with van der Waals surface area (Å²) < 4.78 is 0. The van der Waals surface area contributed by atoms with Crippen molar-refractivity contribution in [3.63, 3.8) is 0 Å². The molecule has 0 saturated heterocycles. The molecule has 2 nitrogen and oxygen atoms in total. The average molecular weight is 365 g/mol. The highest BCUT2D eigenvalue weighted by Gasteiger charge is 2.12. The third-order valence-electron chi connectivity index (χ3n) is 2.75. The van der Waals surface area contributed by atoms with Gasteiger partial charge in [-0.3, -0.25) is 0 Å². The summed E-state index contributed by atoms with van der Waals surface area (Å²) >= 11 is 5.87. The molecule has 0 atom stereocenters. The summed E-state index contributed by atoms with van der Waals surface area (Å²) in [5, 5.41) is 0.787. The maximum absolute atomic E-state index is 5.87. The second-order valence-electron chi connectivity index (χ2n) is 4.05. The number of nitrogens with zero attached hydrogens (tertiary/aromatic N) is 2. The number of halogens is 2. The monoisotopic (exact) mass is 364 g/mol. The number of rotatable bonds is 4. The molecule has 0 fully saturated rings. The number of hydrogen-bond acceptors (Lipinski definition) is 2. The molecule has 94 valence electrons. The van der Waals surface area contributed by atoms with E-state index >= 15 is 0 Å². The number of unbranched alkanes of at least 4 members (excludes halogenated alkanes) is 1. The molecule has 0 aromatic heterocycles. The number of hydrogen-bond donors (Lipinski definition) is 0. The van der Waals surface area contributed by atoms with Crippen LogP contribution in [0.25, 0.3) is 0 Å². The van der Waals surface area contributed by atoms with Gasteiger partial charge in [0.1, 0.15) is 0 Å². The van der Waals surface area contributed by atoms with Gasteiger partial charge in [-0.1, -0.05) is 24.9 Å². The molecule has 1 aliphatic heterocycles. The van der Waals surface area contributed by atoms with Crippen LogP contribution in [0.1, 0.15) is 19.8 Å². The first-order valence-corrected chi connectivity index (χ1v) is 6.12. The van der Waals surface area contributed by atoms with Crippen LogP contribution in [0.3, 0.4) is 0 Å². The molecule has 0 unspecified atom stereocenters. The Kier molecular flexibility index (Phi) is 6.12. The van der Waals surface area contributed by atoms with Crippen molar-refractivity contribution in [3.8, 4) is 0 Å². The van der Waals surface area contributed by atoms with Crippen LogP contribution in [0.4, 0.5) is 5.69 Å². The van der Waals surface area contributed by atoms with E-state index in [1.165, 1.54) is 18.5 Å². The Labute approximate surface area is 125 Å². The van der Waals surface area contributed by atoms with Crippen LogP contribution >= 0.6 is 35.6 Å². The van der Waals surface area contributed by atoms with Gasteiger partial charge in [-0.05, 0) is 30.7 Å². The Hall–Kier alpha value is -0.420. The van der Waals surface area contributed by atoms with Crippen LogP contribution in [0, 0.1) is 0 Å². The zero-order valence-electron chi connectivity index (χ0n) is 9.97. The predicted molar refractivity (Wildman–Crippen MR) is 85.0 cm³/mol. The molecule has 1 aromatic rings. The summed E-state index contributed by atoms with van der Waals surface area (Å²) in [6, 6.07) is 7.96. The van der Waals surface area contributed by atoms with E-state index in [0.717, 1.165) is 18.2 Å². The molecule has 0 saturated carbocycles. The SMILES string of the molecule is CCCCN1C=CN(c2ccc(Cl)cc2)C1.I. The minimum absolute atomic E-state index is 0. The van der Waals surface area contributed by atoms with E-state index in [-0.39, 0.29) is 24.0 Å². The lowest BCUT2D eigenvalue weighted by molar-refractivity contribution is 0.396. The second kappa shape index (κ2) is 7.11. The molecule has 1 aromatic carbocycles. The van der Waals surface area contributed by atoms with Crippen LogP contribution in [0.2, 0.25) is 5.02 Å². The van der Waals surface area contributed by atoms with E-state index in [1.54, 1.807) is 0 Å². The molecule has 4 heteroatoms. The highest BCUT2D eigenvalue weighted by atomic mass is 127. The molecular formula is C13H18ClIN2. The summed E-state index contributed by atoms with van der Waals surface area (Å²) in [5.74, 6) is 0. The van der Waals surface area contributed by atoms with Crippen molar-refractivity contribution in [2.45, 2.75) is 19.8 Å². The third-order valence-corrected chi connectivity index (χ3v) is 3.00. The predicted octanol–water partition coefficient (Wildman–Crippen LogP) is 4.31. The highest BCUT2D eigenvalue weighted by Crippen LogP contribution is 2.21. The number of benzene rings is 1. The molecule has 1 heterocycles. The molecule has 1 aliphatic rings. The summed E-state index contributed by atoms with van der Waals surface area (Å²) in [7, 11) is 0. The van der Waals surface area contributed by atoms with E-state index in [9.17, 15) is 0 Å². The van der Waals surface area contributed by atoms with Crippen molar-refractivity contribution >= 4 is 41.3 Å². The first kappa shape index (κ1) is 14.6. The summed E-state index contributed by atoms with van der Waals surface area (Å²) in [5.41, 5.74) is 1.19. The zero-order valence-corrected chi connectivity index (χ0v) is 13.1. The largest absolute Gasteiger partial charge is 0.358 e. The van der Waals surface area contributed by atoms with Crippen LogP contribution in [-0.4, -0.2) is 18.1 Å². The van der Waals surface area contributed by atoms with Crippen molar-refractivity contribution in [1.82, 2.24) is 4.90 Å². The van der Waals surface area contributed by atoms with Gasteiger partial charge in [-0.25, -0.2) is 0 Å². The van der Waals surface area contributed by atoms with Gasteiger partial charge in [0.2, 0.25) is 0 Å². The molecule has 0 amide bonds. The Morgan fingerprint density at radius 1 is 1.18 bits per heavy atom. The molecule has 0 N–H and O–H groups in total. The first-order valence-electron chi connectivity index (χ1n) is 5.74. The summed E-state index contributed by atoms with van der Waals surface area (Å²) in [6.07, 6.45) is 6.77. The fourth-order valence-corrected chi connectivity index (χ4v) is 1.90. The lowest BCUT2D eigenvalue weighted by Crippen LogP contribution is -2.25. The minimum Gasteiger partial charge on any atom is -0.358 e. The van der Waals surface area contributed by atoms with E-state index in [0.29, 0.717) is 0 Å². The van der Waals surface area contributed by atoms with Crippen LogP contribution in [0.15, 0.2) is 36.7 Å². The maximum atomic E-state index is 5.87. The lowest BCUT2D eigenvalue weighted by atomic mass is 10.3. The van der Waals surface area contributed by atoms with E-state index in [4.69, 9.17) is 11.6 Å². The van der Waals surface area contributed by atoms with Gasteiger partial charge >= 0.3 is 0 Å². The highest BCUT2D eigenvalue weighted by molar-refractivity contribution is 14.0. The van der Waals surface area contributed by atoms with E-state index in [1.807, 2.05) is 12.1 Å². The van der Waals surface area contributed by atoms with Crippen molar-refractivity contribution in [2.24, 2.45) is 0 Å². The van der Waals surface area contributed by atoms with Gasteiger partial charge in [-0.15, -0.1) is 24.0 Å². The summed E-state index contributed by atoms with van der Waals surface area (Å²) in [6.45, 7) is 4.30. The van der Waals surface area contributed by atoms with Crippen molar-refractivity contribution in [1.29, 1.82) is 0 Å². The third kappa shape index (κ3) is 4.07. The fraction of sp³-hybridized carbons (Fsp3) is 0.385. The van der Waals surface area contributed by atoms with E-state index in [2.05, 4.69) is 41.3 Å². The molecule has 17 heavy (non-hydrogen) atoms. The number of anilines is 1. The second-order valence-corrected chi connectivity index (χ2v) is 4.49. The van der Waals surface area contributed by atoms with Crippen LogP contribution < -0.4 is 4.90 Å². The molecule has 0 spiro atoms. The topological polar surface area (TPSA) is 6.48 Å². The average Bonchev–Trinajstić information content (AvgIpc) is 2.76. The van der Waals surface area contributed by atoms with Crippen molar-refractivity contribution in [2.75, 3.05) is 18.1 Å². The van der Waals surface area contributed by atoms with Gasteiger partial charge < -0.3 is 9.80 Å². The van der Waals surface area contributed by atoms with Crippen molar-refractivity contribution in [3.05, 3.63) is 41.7 Å². The van der Waals surface area contributed by atoms with E-state index < -0.39 is 0 Å². The molecule has 2 rings (SSSR count). The Bertz CT molecular complexity index is 364.